The fourth-order valence-electron chi connectivity index (χ4n) is 3.31. The first-order valence-corrected chi connectivity index (χ1v) is 8.80. The monoisotopic (exact) mass is 342 g/mol. The van der Waals surface area contributed by atoms with Crippen molar-refractivity contribution in [3.63, 3.8) is 0 Å². The van der Waals surface area contributed by atoms with Crippen molar-refractivity contribution in [2.75, 3.05) is 7.11 Å². The Kier molecular flexibility index (Phi) is 3.57. The van der Waals surface area contributed by atoms with Crippen molar-refractivity contribution in [3.8, 4) is 22.9 Å². The lowest BCUT2D eigenvalue weighted by Crippen LogP contribution is -2.13. The van der Waals surface area contributed by atoms with E-state index in [9.17, 15) is 9.90 Å². The molecule has 0 spiro atoms. The van der Waals surface area contributed by atoms with Crippen LogP contribution in [0.4, 0.5) is 0 Å². The number of benzene rings is 1. The smallest absolute Gasteiger partial charge is 0.260 e. The van der Waals surface area contributed by atoms with Crippen LogP contribution in [0, 0.1) is 5.92 Å². The molecule has 1 aliphatic carbocycles. The number of nitrogens with zero attached hydrogens (tertiary/aromatic N) is 1. The lowest BCUT2D eigenvalue weighted by atomic mass is 9.89. The minimum absolute atomic E-state index is 0.0604. The molecule has 0 radical (unpaired) electrons. The van der Waals surface area contributed by atoms with Crippen LogP contribution in [0.25, 0.3) is 21.6 Å². The van der Waals surface area contributed by atoms with Gasteiger partial charge in [-0.15, -0.1) is 11.3 Å². The molecule has 0 unspecified atom stereocenters. The van der Waals surface area contributed by atoms with E-state index >= 15 is 0 Å². The Morgan fingerprint density at radius 2 is 2.25 bits per heavy atom. The van der Waals surface area contributed by atoms with Crippen LogP contribution in [0.15, 0.2) is 23.0 Å². The SMILES string of the molecule is COc1cc(-c2nc3sc4c(c3c(=O)[nH]2)CC[C@H](C)C4)ccc1O. The molecule has 2 aromatic heterocycles. The molecule has 4 rings (SSSR count). The molecular formula is C18H18N2O3S. The summed E-state index contributed by atoms with van der Waals surface area (Å²) in [6.45, 7) is 2.25. The Balaban J connectivity index is 1.88. The number of ether oxygens (including phenoxy) is 1. The Morgan fingerprint density at radius 3 is 3.04 bits per heavy atom. The third kappa shape index (κ3) is 2.38. The van der Waals surface area contributed by atoms with Crippen LogP contribution in [-0.4, -0.2) is 22.2 Å². The van der Waals surface area contributed by atoms with Crippen LogP contribution in [0.5, 0.6) is 11.5 Å². The number of hydrogen-bond acceptors (Lipinski definition) is 5. The fourth-order valence-corrected chi connectivity index (χ4v) is 4.69. The summed E-state index contributed by atoms with van der Waals surface area (Å²) < 4.78 is 5.14. The van der Waals surface area contributed by atoms with Crippen molar-refractivity contribution in [2.24, 2.45) is 5.92 Å². The van der Waals surface area contributed by atoms with Crippen LogP contribution in [0.2, 0.25) is 0 Å². The van der Waals surface area contributed by atoms with E-state index in [4.69, 9.17) is 4.74 Å². The topological polar surface area (TPSA) is 75.2 Å². The molecular weight excluding hydrogens is 324 g/mol. The van der Waals surface area contributed by atoms with Gasteiger partial charge in [0.15, 0.2) is 11.5 Å². The van der Waals surface area contributed by atoms with Crippen LogP contribution in [-0.2, 0) is 12.8 Å². The molecule has 5 nitrogen and oxygen atoms in total. The zero-order valence-electron chi connectivity index (χ0n) is 13.5. The van der Waals surface area contributed by atoms with Crippen molar-refractivity contribution >= 4 is 21.6 Å². The molecule has 6 heteroatoms. The van der Waals surface area contributed by atoms with Crippen molar-refractivity contribution in [1.82, 2.24) is 9.97 Å². The van der Waals surface area contributed by atoms with Gasteiger partial charge in [0.2, 0.25) is 0 Å². The predicted octanol–water partition coefficient (Wildman–Crippen LogP) is 3.49. The number of fused-ring (bicyclic) bond motifs is 3. The van der Waals surface area contributed by atoms with Gasteiger partial charge < -0.3 is 14.8 Å². The van der Waals surface area contributed by atoms with E-state index in [0.717, 1.165) is 29.5 Å². The molecule has 1 aromatic carbocycles. The number of nitrogens with one attached hydrogen (secondary N) is 1. The van der Waals surface area contributed by atoms with Gasteiger partial charge in [0, 0.05) is 10.4 Å². The Labute approximate surface area is 143 Å². The first-order valence-electron chi connectivity index (χ1n) is 7.98. The summed E-state index contributed by atoms with van der Waals surface area (Å²) in [7, 11) is 1.49. The van der Waals surface area contributed by atoms with Gasteiger partial charge in [0.05, 0.1) is 12.5 Å². The number of aromatic nitrogens is 2. The number of hydrogen-bond donors (Lipinski definition) is 2. The van der Waals surface area contributed by atoms with Crippen molar-refractivity contribution in [2.45, 2.75) is 26.2 Å². The quantitative estimate of drug-likeness (QED) is 0.747. The summed E-state index contributed by atoms with van der Waals surface area (Å²) in [6.07, 6.45) is 3.10. The number of phenols is 1. The van der Waals surface area contributed by atoms with Gasteiger partial charge in [0.1, 0.15) is 10.7 Å². The molecule has 1 aliphatic rings. The van der Waals surface area contributed by atoms with Crippen molar-refractivity contribution < 1.29 is 9.84 Å². The summed E-state index contributed by atoms with van der Waals surface area (Å²) in [5.41, 5.74) is 1.80. The fraction of sp³-hybridized carbons (Fsp3) is 0.333. The predicted molar refractivity (Wildman–Crippen MR) is 95.1 cm³/mol. The van der Waals surface area contributed by atoms with E-state index < -0.39 is 0 Å². The van der Waals surface area contributed by atoms with Gasteiger partial charge in [-0.3, -0.25) is 4.79 Å². The summed E-state index contributed by atoms with van der Waals surface area (Å²) in [5, 5.41) is 10.5. The highest BCUT2D eigenvalue weighted by Crippen LogP contribution is 2.36. The molecule has 0 saturated heterocycles. The number of rotatable bonds is 2. The Bertz CT molecular complexity index is 990. The third-order valence-corrected chi connectivity index (χ3v) is 5.77. The van der Waals surface area contributed by atoms with Gasteiger partial charge in [-0.2, -0.15) is 0 Å². The lowest BCUT2D eigenvalue weighted by Gasteiger charge is -2.17. The molecule has 2 N–H and O–H groups in total. The van der Waals surface area contributed by atoms with Crippen LogP contribution >= 0.6 is 11.3 Å². The van der Waals surface area contributed by atoms with Gasteiger partial charge in [-0.25, -0.2) is 4.98 Å². The minimum Gasteiger partial charge on any atom is -0.504 e. The van der Waals surface area contributed by atoms with Crippen molar-refractivity contribution in [1.29, 1.82) is 0 Å². The molecule has 24 heavy (non-hydrogen) atoms. The number of thiophene rings is 1. The highest BCUT2D eigenvalue weighted by molar-refractivity contribution is 7.18. The first kappa shape index (κ1) is 15.2. The van der Waals surface area contributed by atoms with E-state index in [1.165, 1.54) is 17.6 Å². The van der Waals surface area contributed by atoms with Gasteiger partial charge in [-0.1, -0.05) is 6.92 Å². The number of phenolic OH excluding ortho intramolecular Hbond substituents is 1. The molecule has 0 aliphatic heterocycles. The minimum atomic E-state index is -0.0888. The molecule has 124 valence electrons. The second-order valence-electron chi connectivity index (χ2n) is 6.33. The second-order valence-corrected chi connectivity index (χ2v) is 7.42. The van der Waals surface area contributed by atoms with E-state index in [-0.39, 0.29) is 11.3 Å². The number of H-pyrrole nitrogens is 1. The standard InChI is InChI=1S/C18H18N2O3S/c1-9-3-5-11-14(7-9)24-18-15(11)17(22)19-16(20-18)10-4-6-12(21)13(8-10)23-2/h4,6,8-9,21H,3,5,7H2,1-2H3,(H,19,20,22)/t9-/m0/s1. The summed E-state index contributed by atoms with van der Waals surface area (Å²) >= 11 is 1.63. The average Bonchev–Trinajstić information content (AvgIpc) is 2.92. The molecule has 1 atom stereocenters. The maximum absolute atomic E-state index is 12.6. The largest absolute Gasteiger partial charge is 0.504 e. The van der Waals surface area contributed by atoms with Crippen molar-refractivity contribution in [3.05, 3.63) is 39.0 Å². The molecule has 0 fully saturated rings. The van der Waals surface area contributed by atoms with Gasteiger partial charge >= 0.3 is 0 Å². The maximum Gasteiger partial charge on any atom is 0.260 e. The number of aryl methyl sites for hydroxylation is 1. The first-order chi connectivity index (χ1) is 11.6. The third-order valence-electron chi connectivity index (χ3n) is 4.62. The summed E-state index contributed by atoms with van der Waals surface area (Å²) in [4.78, 5) is 22.3. The molecule has 2 heterocycles. The zero-order chi connectivity index (χ0) is 16.8. The molecule has 0 bridgehead atoms. The van der Waals surface area contributed by atoms with Crippen LogP contribution in [0.1, 0.15) is 23.8 Å². The average molecular weight is 342 g/mol. The van der Waals surface area contributed by atoms with E-state index in [2.05, 4.69) is 16.9 Å². The van der Waals surface area contributed by atoms with Gasteiger partial charge in [0.25, 0.3) is 5.56 Å². The Morgan fingerprint density at radius 1 is 1.42 bits per heavy atom. The maximum atomic E-state index is 12.6. The normalized spacial score (nSPS) is 17.0. The van der Waals surface area contributed by atoms with Gasteiger partial charge in [-0.05, 0) is 48.9 Å². The van der Waals surface area contributed by atoms with E-state index in [1.54, 1.807) is 29.5 Å². The van der Waals surface area contributed by atoms with Crippen LogP contribution in [0.3, 0.4) is 0 Å². The second kappa shape index (κ2) is 5.63. The summed E-state index contributed by atoms with van der Waals surface area (Å²) in [6, 6.07) is 4.94. The summed E-state index contributed by atoms with van der Waals surface area (Å²) in [5.74, 6) is 1.57. The van der Waals surface area contributed by atoms with E-state index in [0.29, 0.717) is 23.1 Å². The highest BCUT2D eigenvalue weighted by atomic mass is 32.1. The molecule has 0 amide bonds. The Hall–Kier alpha value is -2.34. The lowest BCUT2D eigenvalue weighted by molar-refractivity contribution is 0.373. The zero-order valence-corrected chi connectivity index (χ0v) is 14.4. The van der Waals surface area contributed by atoms with Crippen LogP contribution < -0.4 is 10.3 Å². The molecule has 0 saturated carbocycles. The highest BCUT2D eigenvalue weighted by Gasteiger charge is 2.23. The number of aromatic amines is 1. The molecule has 3 aromatic rings. The number of aromatic hydroxyl groups is 1. The van der Waals surface area contributed by atoms with E-state index in [1.807, 2.05) is 0 Å². The number of methoxy groups -OCH3 is 1.